The van der Waals surface area contributed by atoms with Crippen LogP contribution in [0, 0.1) is 0 Å². The predicted molar refractivity (Wildman–Crippen MR) is 78.5 cm³/mol. The molecule has 0 unspecified atom stereocenters. The first-order chi connectivity index (χ1) is 9.56. The lowest BCUT2D eigenvalue weighted by atomic mass is 10.1. The van der Waals surface area contributed by atoms with Gasteiger partial charge in [-0.3, -0.25) is 20.4 Å². The van der Waals surface area contributed by atoms with Gasteiger partial charge in [-0.25, -0.2) is 0 Å². The van der Waals surface area contributed by atoms with Gasteiger partial charge in [0.25, 0.3) is 0 Å². The molecule has 20 heavy (non-hydrogen) atoms. The number of hydrogen-bond donors (Lipinski definition) is 2. The molecule has 0 saturated heterocycles. The number of nitrogen functional groups attached to an aromatic ring is 1. The Bertz CT molecular complexity index is 550. The average molecular weight is 271 g/mol. The Kier molecular flexibility index (Phi) is 6.06. The summed E-state index contributed by atoms with van der Waals surface area (Å²) in [6, 6.07) is 12.8. The van der Waals surface area contributed by atoms with Gasteiger partial charge in [0.15, 0.2) is 11.6 Å². The third-order valence-corrected chi connectivity index (χ3v) is 2.46. The number of nitrogens with one attached hydrogen (secondary N) is 1. The second-order valence-corrected chi connectivity index (χ2v) is 4.02. The lowest BCUT2D eigenvalue weighted by molar-refractivity contribution is 0.0977. The van der Waals surface area contributed by atoms with Gasteiger partial charge in [-0.05, 0) is 31.2 Å². The predicted octanol–water partition coefficient (Wildman–Crippen LogP) is 2.46. The highest BCUT2D eigenvalue weighted by atomic mass is 16.1. The summed E-state index contributed by atoms with van der Waals surface area (Å²) in [5.74, 6) is 4.79. The monoisotopic (exact) mass is 271 g/mol. The molecule has 0 aliphatic rings. The third-order valence-electron chi connectivity index (χ3n) is 2.46. The van der Waals surface area contributed by atoms with Gasteiger partial charge in [0.2, 0.25) is 0 Å². The van der Waals surface area contributed by atoms with Crippen LogP contribution in [0.5, 0.6) is 0 Å². The van der Waals surface area contributed by atoms with Gasteiger partial charge in [-0.15, -0.1) is 0 Å². The molecule has 0 fully saturated rings. The highest BCUT2D eigenvalue weighted by Crippen LogP contribution is 2.06. The lowest BCUT2D eigenvalue weighted by Crippen LogP contribution is -2.05. The first kappa shape index (κ1) is 15.5. The average Bonchev–Trinajstić information content (AvgIpc) is 2.48. The number of ketones is 2. The van der Waals surface area contributed by atoms with Crippen LogP contribution in [-0.2, 0) is 0 Å². The molecule has 3 N–H and O–H groups in total. The van der Waals surface area contributed by atoms with E-state index in [-0.39, 0.29) is 17.3 Å². The number of rotatable bonds is 3. The number of nitrogens with zero attached hydrogens (tertiary/aromatic N) is 1. The van der Waals surface area contributed by atoms with Crippen molar-refractivity contribution in [1.82, 2.24) is 4.98 Å². The molecule has 1 aromatic carbocycles. The summed E-state index contributed by atoms with van der Waals surface area (Å²) >= 11 is 0. The van der Waals surface area contributed by atoms with Crippen LogP contribution in [0.2, 0.25) is 0 Å². The molecule has 0 aliphatic carbocycles. The molecule has 104 valence electrons. The zero-order chi connectivity index (χ0) is 15.0. The molecule has 2 rings (SSSR count). The maximum Gasteiger partial charge on any atom is 0.178 e. The van der Waals surface area contributed by atoms with Gasteiger partial charge in [0, 0.05) is 24.4 Å². The number of Topliss-reactive ketones (excluding diaryl/α,β-unsaturated/α-hetero) is 2. The normalized spacial score (nSPS) is 9.15. The number of hydrogen-bond acceptors (Lipinski definition) is 5. The van der Waals surface area contributed by atoms with Crippen LogP contribution < -0.4 is 11.3 Å². The number of aromatic nitrogens is 1. The van der Waals surface area contributed by atoms with Crippen LogP contribution in [-0.4, -0.2) is 16.6 Å². The Balaban J connectivity index is 0.000000217. The Morgan fingerprint density at radius 3 is 2.05 bits per heavy atom. The second kappa shape index (κ2) is 7.81. The fourth-order valence-corrected chi connectivity index (χ4v) is 1.50. The maximum atomic E-state index is 11.0. The highest BCUT2D eigenvalue weighted by molar-refractivity contribution is 6.05. The van der Waals surface area contributed by atoms with Crippen molar-refractivity contribution in [2.75, 3.05) is 5.43 Å². The van der Waals surface area contributed by atoms with E-state index in [1.165, 1.54) is 20.0 Å². The molecule has 0 spiro atoms. The first-order valence-corrected chi connectivity index (χ1v) is 6.04. The van der Waals surface area contributed by atoms with Crippen molar-refractivity contribution in [2.45, 2.75) is 13.8 Å². The summed E-state index contributed by atoms with van der Waals surface area (Å²) < 4.78 is 0. The molecule has 2 aromatic rings. The summed E-state index contributed by atoms with van der Waals surface area (Å²) in [5.41, 5.74) is 4.11. The Morgan fingerprint density at radius 1 is 1.00 bits per heavy atom. The van der Waals surface area contributed by atoms with Crippen molar-refractivity contribution in [2.24, 2.45) is 5.84 Å². The van der Waals surface area contributed by atoms with Crippen LogP contribution in [0.15, 0.2) is 48.7 Å². The van der Waals surface area contributed by atoms with Gasteiger partial charge in [-0.2, -0.15) is 0 Å². The fourth-order valence-electron chi connectivity index (χ4n) is 1.50. The molecule has 0 atom stereocenters. The van der Waals surface area contributed by atoms with E-state index in [0.717, 1.165) is 5.69 Å². The second-order valence-electron chi connectivity index (χ2n) is 4.02. The van der Waals surface area contributed by atoms with E-state index in [4.69, 9.17) is 5.84 Å². The molecule has 5 heteroatoms. The third kappa shape index (κ3) is 4.62. The molecule has 0 bridgehead atoms. The number of para-hydroxylation sites is 1. The van der Waals surface area contributed by atoms with E-state index in [1.807, 2.05) is 30.3 Å². The molecule has 1 heterocycles. The van der Waals surface area contributed by atoms with E-state index < -0.39 is 0 Å². The number of nitrogens with two attached hydrogens (primary N) is 1. The van der Waals surface area contributed by atoms with Crippen LogP contribution >= 0.6 is 0 Å². The minimum Gasteiger partial charge on any atom is -0.324 e. The Morgan fingerprint density at radius 2 is 1.65 bits per heavy atom. The van der Waals surface area contributed by atoms with Gasteiger partial charge >= 0.3 is 0 Å². The Hall–Kier alpha value is -2.53. The summed E-state index contributed by atoms with van der Waals surface area (Å²) in [5, 5.41) is 0. The largest absolute Gasteiger partial charge is 0.324 e. The van der Waals surface area contributed by atoms with Crippen molar-refractivity contribution < 1.29 is 9.59 Å². The zero-order valence-corrected chi connectivity index (χ0v) is 11.5. The van der Waals surface area contributed by atoms with Crippen LogP contribution in [0.1, 0.15) is 34.7 Å². The standard InChI is InChI=1S/C9H9NO2.C6H8N2/c1-6(11)8-4-3-5-10-9(8)7(2)12;7-8-6-4-2-1-3-5-6/h3-5H,1-2H3;1-5,8H,7H2. The molecule has 0 aliphatic heterocycles. The smallest absolute Gasteiger partial charge is 0.178 e. The molecule has 1 aromatic heterocycles. The molecule has 0 radical (unpaired) electrons. The van der Waals surface area contributed by atoms with Crippen molar-refractivity contribution >= 4 is 17.3 Å². The van der Waals surface area contributed by atoms with Gasteiger partial charge < -0.3 is 5.43 Å². The van der Waals surface area contributed by atoms with Crippen LogP contribution in [0.4, 0.5) is 5.69 Å². The maximum absolute atomic E-state index is 11.0. The van der Waals surface area contributed by atoms with Gasteiger partial charge in [0.1, 0.15) is 5.69 Å². The molecule has 0 amide bonds. The van der Waals surface area contributed by atoms with E-state index in [0.29, 0.717) is 5.56 Å². The lowest BCUT2D eigenvalue weighted by Gasteiger charge is -1.99. The Labute approximate surface area is 117 Å². The topological polar surface area (TPSA) is 85.1 Å². The molecular formula is C15H17N3O2. The van der Waals surface area contributed by atoms with Crippen LogP contribution in [0.3, 0.4) is 0 Å². The number of pyridine rings is 1. The number of carbonyl (C=O) groups is 2. The summed E-state index contributed by atoms with van der Waals surface area (Å²) in [6.07, 6.45) is 1.50. The number of benzene rings is 1. The number of hydrazine groups is 1. The van der Waals surface area contributed by atoms with Crippen molar-refractivity contribution in [3.05, 3.63) is 59.9 Å². The summed E-state index contributed by atoms with van der Waals surface area (Å²) in [4.78, 5) is 25.8. The SMILES string of the molecule is CC(=O)c1cccnc1C(C)=O.NNc1ccccc1. The van der Waals surface area contributed by atoms with Crippen molar-refractivity contribution in [3.8, 4) is 0 Å². The summed E-state index contributed by atoms with van der Waals surface area (Å²) in [6.45, 7) is 2.82. The summed E-state index contributed by atoms with van der Waals surface area (Å²) in [7, 11) is 0. The van der Waals surface area contributed by atoms with Gasteiger partial charge in [-0.1, -0.05) is 18.2 Å². The first-order valence-electron chi connectivity index (χ1n) is 6.04. The molecule has 5 nitrogen and oxygen atoms in total. The highest BCUT2D eigenvalue weighted by Gasteiger charge is 2.10. The zero-order valence-electron chi connectivity index (χ0n) is 11.5. The number of anilines is 1. The van der Waals surface area contributed by atoms with Crippen LogP contribution in [0.25, 0.3) is 0 Å². The van der Waals surface area contributed by atoms with Gasteiger partial charge in [0.05, 0.1) is 0 Å². The van der Waals surface area contributed by atoms with E-state index in [9.17, 15) is 9.59 Å². The van der Waals surface area contributed by atoms with E-state index >= 15 is 0 Å². The minimum absolute atomic E-state index is 0.131. The minimum atomic E-state index is -0.180. The van der Waals surface area contributed by atoms with E-state index in [2.05, 4.69) is 10.4 Å². The molecular weight excluding hydrogens is 254 g/mol. The number of carbonyl (C=O) groups excluding carboxylic acids is 2. The fraction of sp³-hybridized carbons (Fsp3) is 0.133. The molecule has 0 saturated carbocycles. The quantitative estimate of drug-likeness (QED) is 0.509. The van der Waals surface area contributed by atoms with Crippen molar-refractivity contribution in [1.29, 1.82) is 0 Å². The van der Waals surface area contributed by atoms with E-state index in [1.54, 1.807) is 12.1 Å². The van der Waals surface area contributed by atoms with Crippen molar-refractivity contribution in [3.63, 3.8) is 0 Å².